The topological polar surface area (TPSA) is 58.6 Å². The first-order valence-corrected chi connectivity index (χ1v) is 7.66. The molecule has 0 bridgehead atoms. The number of hydrogen-bond donors (Lipinski definition) is 2. The summed E-state index contributed by atoms with van der Waals surface area (Å²) in [6.45, 7) is 2.24. The molecule has 4 nitrogen and oxygen atoms in total. The number of aliphatic hydroxyl groups excluding tert-OH is 1. The molecule has 0 amide bonds. The highest BCUT2D eigenvalue weighted by atomic mass is 16.5. The number of dihydropyridines is 1. The van der Waals surface area contributed by atoms with Crippen molar-refractivity contribution in [3.8, 4) is 0 Å². The fourth-order valence-corrected chi connectivity index (χ4v) is 4.18. The number of hydrogen-bond acceptors (Lipinski definition) is 4. The van der Waals surface area contributed by atoms with Gasteiger partial charge in [0, 0.05) is 11.9 Å². The van der Waals surface area contributed by atoms with E-state index in [0.29, 0.717) is 23.4 Å². The third-order valence-electron chi connectivity index (χ3n) is 5.35. The van der Waals surface area contributed by atoms with Crippen LogP contribution in [0.25, 0.3) is 0 Å². The first kappa shape index (κ1) is 13.4. The molecule has 1 spiro atoms. The largest absolute Gasteiger partial charge is 0.510 e. The van der Waals surface area contributed by atoms with Gasteiger partial charge in [-0.1, -0.05) is 19.1 Å². The Hall–Kier alpha value is -2.23. The highest BCUT2D eigenvalue weighted by Crippen LogP contribution is 2.56. The molecular weight excluding hydrogens is 278 g/mol. The van der Waals surface area contributed by atoms with E-state index in [9.17, 15) is 9.90 Å². The third kappa shape index (κ3) is 1.61. The van der Waals surface area contributed by atoms with E-state index in [1.54, 1.807) is 19.3 Å². The molecule has 1 aliphatic heterocycles. The number of nitrogens with one attached hydrogen (secondary N) is 1. The minimum atomic E-state index is -0.587. The summed E-state index contributed by atoms with van der Waals surface area (Å²) in [7, 11) is 1.62. The first-order valence-electron chi connectivity index (χ1n) is 7.66. The van der Waals surface area contributed by atoms with E-state index < -0.39 is 5.41 Å². The Balaban J connectivity index is 1.93. The summed E-state index contributed by atoms with van der Waals surface area (Å²) in [6.07, 6.45) is 10.4. The predicted molar refractivity (Wildman–Crippen MR) is 82.5 cm³/mol. The van der Waals surface area contributed by atoms with Gasteiger partial charge >= 0.3 is 0 Å². The van der Waals surface area contributed by atoms with Gasteiger partial charge in [0.1, 0.15) is 11.5 Å². The van der Waals surface area contributed by atoms with Gasteiger partial charge in [0.25, 0.3) is 0 Å². The summed E-state index contributed by atoms with van der Waals surface area (Å²) in [5.74, 6) is 1.78. The molecule has 0 saturated carbocycles. The summed E-state index contributed by atoms with van der Waals surface area (Å²) >= 11 is 0. The average Bonchev–Trinajstić information content (AvgIpc) is 2.83. The van der Waals surface area contributed by atoms with Crippen molar-refractivity contribution < 1.29 is 14.6 Å². The Kier molecular flexibility index (Phi) is 2.68. The van der Waals surface area contributed by atoms with Crippen LogP contribution < -0.4 is 5.32 Å². The summed E-state index contributed by atoms with van der Waals surface area (Å²) in [5, 5.41) is 14.3. The number of allylic oxidation sites excluding steroid dienone is 5. The fourth-order valence-electron chi connectivity index (χ4n) is 4.18. The number of ether oxygens (including phenoxy) is 1. The first-order chi connectivity index (χ1) is 10.6. The van der Waals surface area contributed by atoms with Gasteiger partial charge < -0.3 is 15.2 Å². The molecule has 0 aromatic rings. The molecule has 0 aromatic heterocycles. The van der Waals surface area contributed by atoms with Crippen LogP contribution in [0.2, 0.25) is 0 Å². The van der Waals surface area contributed by atoms with Crippen molar-refractivity contribution in [3.05, 3.63) is 58.9 Å². The van der Waals surface area contributed by atoms with Crippen LogP contribution in [0.3, 0.4) is 0 Å². The Labute approximate surface area is 129 Å². The smallest absolute Gasteiger partial charge is 0.178 e. The van der Waals surface area contributed by atoms with E-state index in [1.807, 2.05) is 18.4 Å². The molecule has 4 aliphatic rings. The Morgan fingerprint density at radius 1 is 1.36 bits per heavy atom. The number of methoxy groups -OCH3 is 1. The van der Waals surface area contributed by atoms with Gasteiger partial charge in [-0.15, -0.1) is 0 Å². The van der Waals surface area contributed by atoms with E-state index in [0.717, 1.165) is 18.4 Å². The normalized spacial score (nSPS) is 31.4. The second-order valence-corrected chi connectivity index (χ2v) is 6.57. The standard InChI is InChI=1S/C18H19NO3/c1-10-7-13-15-12(10)8-18(5-3-11(20)4-6-18)17(21)16(15)14(22-2)9-19-13/h3-6,9-10,12,19,21H,7-8H2,1-2H3. The van der Waals surface area contributed by atoms with Gasteiger partial charge in [0.15, 0.2) is 5.78 Å². The number of carbonyl (C=O) groups excluding carboxylic acids is 1. The van der Waals surface area contributed by atoms with Crippen molar-refractivity contribution in [2.45, 2.75) is 19.8 Å². The molecule has 0 saturated heterocycles. The second kappa shape index (κ2) is 4.38. The van der Waals surface area contributed by atoms with Crippen molar-refractivity contribution in [2.75, 3.05) is 7.11 Å². The molecule has 0 radical (unpaired) electrons. The monoisotopic (exact) mass is 297 g/mol. The summed E-state index contributed by atoms with van der Waals surface area (Å²) in [4.78, 5) is 11.5. The van der Waals surface area contributed by atoms with Crippen LogP contribution in [0.5, 0.6) is 0 Å². The van der Waals surface area contributed by atoms with Crippen LogP contribution in [-0.4, -0.2) is 18.0 Å². The van der Waals surface area contributed by atoms with Gasteiger partial charge in [-0.2, -0.15) is 0 Å². The maximum Gasteiger partial charge on any atom is 0.178 e. The minimum absolute atomic E-state index is 0.0299. The lowest BCUT2D eigenvalue weighted by Crippen LogP contribution is -2.34. The van der Waals surface area contributed by atoms with Crippen molar-refractivity contribution in [1.82, 2.24) is 5.32 Å². The van der Waals surface area contributed by atoms with Crippen LogP contribution in [-0.2, 0) is 9.53 Å². The molecule has 2 unspecified atom stereocenters. The summed E-state index contributed by atoms with van der Waals surface area (Å²) in [5.41, 5.74) is 2.60. The zero-order valence-electron chi connectivity index (χ0n) is 12.7. The molecule has 4 heteroatoms. The van der Waals surface area contributed by atoms with Crippen molar-refractivity contribution in [2.24, 2.45) is 17.3 Å². The number of aliphatic hydroxyl groups is 1. The van der Waals surface area contributed by atoms with Crippen LogP contribution in [0.4, 0.5) is 0 Å². The van der Waals surface area contributed by atoms with Crippen LogP contribution in [0, 0.1) is 17.3 Å². The van der Waals surface area contributed by atoms with Crippen molar-refractivity contribution in [1.29, 1.82) is 0 Å². The lowest BCUT2D eigenvalue weighted by molar-refractivity contribution is -0.110. The van der Waals surface area contributed by atoms with Gasteiger partial charge in [0.05, 0.1) is 18.1 Å². The molecule has 22 heavy (non-hydrogen) atoms. The molecule has 2 atom stereocenters. The molecular formula is C18H19NO3. The quantitative estimate of drug-likeness (QED) is 0.781. The van der Waals surface area contributed by atoms with Crippen LogP contribution in [0.15, 0.2) is 58.9 Å². The van der Waals surface area contributed by atoms with E-state index in [4.69, 9.17) is 4.74 Å². The highest BCUT2D eigenvalue weighted by Gasteiger charge is 2.49. The Bertz CT molecular complexity index is 705. The van der Waals surface area contributed by atoms with Gasteiger partial charge in [-0.05, 0) is 42.4 Å². The molecule has 114 valence electrons. The lowest BCUT2D eigenvalue weighted by Gasteiger charge is -2.40. The van der Waals surface area contributed by atoms with E-state index in [1.165, 1.54) is 11.3 Å². The zero-order valence-corrected chi connectivity index (χ0v) is 12.7. The van der Waals surface area contributed by atoms with Crippen molar-refractivity contribution >= 4 is 5.78 Å². The molecule has 0 fully saturated rings. The number of rotatable bonds is 1. The van der Waals surface area contributed by atoms with E-state index in [2.05, 4.69) is 12.2 Å². The van der Waals surface area contributed by atoms with Crippen LogP contribution in [0.1, 0.15) is 19.8 Å². The van der Waals surface area contributed by atoms with Crippen molar-refractivity contribution in [3.63, 3.8) is 0 Å². The van der Waals surface area contributed by atoms with Gasteiger partial charge in [-0.3, -0.25) is 4.79 Å². The maximum atomic E-state index is 11.5. The third-order valence-corrected chi connectivity index (χ3v) is 5.35. The SMILES string of the molecule is COC1=CNC2=C3C1=C(O)C1(C=CC(=O)C=C1)CC3C(C)C2. The molecule has 0 aromatic carbocycles. The maximum absolute atomic E-state index is 11.5. The van der Waals surface area contributed by atoms with E-state index >= 15 is 0 Å². The zero-order chi connectivity index (χ0) is 15.5. The molecule has 1 heterocycles. The van der Waals surface area contributed by atoms with E-state index in [-0.39, 0.29) is 5.78 Å². The van der Waals surface area contributed by atoms with Gasteiger partial charge in [0.2, 0.25) is 0 Å². The summed E-state index contributed by atoms with van der Waals surface area (Å²) < 4.78 is 5.48. The van der Waals surface area contributed by atoms with Crippen LogP contribution >= 0.6 is 0 Å². The predicted octanol–water partition coefficient (Wildman–Crippen LogP) is 2.88. The lowest BCUT2D eigenvalue weighted by atomic mass is 9.64. The second-order valence-electron chi connectivity index (χ2n) is 6.57. The fraction of sp³-hybridized carbons (Fsp3) is 0.389. The molecule has 4 rings (SSSR count). The Morgan fingerprint density at radius 3 is 2.77 bits per heavy atom. The molecule has 2 N–H and O–H groups in total. The Morgan fingerprint density at radius 2 is 2.09 bits per heavy atom. The average molecular weight is 297 g/mol. The molecule has 3 aliphatic carbocycles. The minimum Gasteiger partial charge on any atom is -0.510 e. The highest BCUT2D eigenvalue weighted by molar-refractivity contribution is 6.00. The van der Waals surface area contributed by atoms with Gasteiger partial charge in [-0.25, -0.2) is 0 Å². The number of ketones is 1. The number of carbonyl (C=O) groups is 1. The summed E-state index contributed by atoms with van der Waals surface area (Å²) in [6, 6.07) is 0.